The molecule has 0 bridgehead atoms. The molecule has 1 aliphatic rings. The lowest BCUT2D eigenvalue weighted by Gasteiger charge is -2.21. The second-order valence-corrected chi connectivity index (χ2v) is 5.81. The number of rotatable bonds is 4. The maximum atomic E-state index is 11.6. The van der Waals surface area contributed by atoms with E-state index in [4.69, 9.17) is 4.74 Å². The molecule has 6 heteroatoms. The summed E-state index contributed by atoms with van der Waals surface area (Å²) >= 11 is 0. The Kier molecular flexibility index (Phi) is 5.60. The molecule has 2 unspecified atom stereocenters. The lowest BCUT2D eigenvalue weighted by atomic mass is 10.2. The zero-order valence-electron chi connectivity index (χ0n) is 12.1. The number of methoxy groups -OCH3 is 1. The number of alkyl carbamates (subject to hydrolysis) is 1. The maximum absolute atomic E-state index is 11.6. The number of esters is 1. The molecule has 1 fully saturated rings. The highest BCUT2D eigenvalue weighted by atomic mass is 16.6. The van der Waals surface area contributed by atoms with Gasteiger partial charge in [0.2, 0.25) is 0 Å². The van der Waals surface area contributed by atoms with Crippen molar-refractivity contribution in [3.05, 3.63) is 0 Å². The fourth-order valence-electron chi connectivity index (χ4n) is 2.07. The molecule has 0 radical (unpaired) electrons. The molecule has 6 nitrogen and oxygen atoms in total. The fraction of sp³-hybridized carbons (Fsp3) is 0.846. The summed E-state index contributed by atoms with van der Waals surface area (Å²) in [5.74, 6) is -0.274. The van der Waals surface area contributed by atoms with Crippen molar-refractivity contribution >= 4 is 12.1 Å². The third-order valence-electron chi connectivity index (χ3n) is 2.92. The molecule has 2 N–H and O–H groups in total. The number of hydrogen-bond donors (Lipinski definition) is 2. The van der Waals surface area contributed by atoms with Crippen LogP contribution < -0.4 is 10.6 Å². The first kappa shape index (κ1) is 15.8. The lowest BCUT2D eigenvalue weighted by Crippen LogP contribution is -2.39. The molecule has 0 aromatic carbocycles. The van der Waals surface area contributed by atoms with Crippen LogP contribution in [0.15, 0.2) is 0 Å². The summed E-state index contributed by atoms with van der Waals surface area (Å²) in [7, 11) is 1.37. The average molecular weight is 272 g/mol. The van der Waals surface area contributed by atoms with E-state index < -0.39 is 5.60 Å². The summed E-state index contributed by atoms with van der Waals surface area (Å²) in [4.78, 5) is 22.6. The van der Waals surface area contributed by atoms with Gasteiger partial charge in [-0.15, -0.1) is 0 Å². The molecule has 1 rings (SSSR count). The predicted molar refractivity (Wildman–Crippen MR) is 70.8 cm³/mol. The summed E-state index contributed by atoms with van der Waals surface area (Å²) in [6.45, 7) is 5.71. The van der Waals surface area contributed by atoms with Gasteiger partial charge in [-0.1, -0.05) is 0 Å². The molecule has 110 valence electrons. The zero-order chi connectivity index (χ0) is 14.5. The van der Waals surface area contributed by atoms with Gasteiger partial charge in [-0.3, -0.25) is 4.79 Å². The molecule has 1 saturated carbocycles. The van der Waals surface area contributed by atoms with Gasteiger partial charge in [-0.05, 0) is 40.0 Å². The van der Waals surface area contributed by atoms with Crippen LogP contribution >= 0.6 is 0 Å². The molecule has 1 aliphatic carbocycles. The van der Waals surface area contributed by atoms with E-state index in [0.29, 0.717) is 0 Å². The monoisotopic (exact) mass is 272 g/mol. The predicted octanol–water partition coefficient (Wildman–Crippen LogP) is 1.19. The largest absolute Gasteiger partial charge is 0.468 e. The number of amides is 1. The van der Waals surface area contributed by atoms with E-state index in [1.807, 2.05) is 20.8 Å². The van der Waals surface area contributed by atoms with Crippen LogP contribution in [0.4, 0.5) is 4.79 Å². The van der Waals surface area contributed by atoms with Crippen molar-refractivity contribution in [3.8, 4) is 0 Å². The highest BCUT2D eigenvalue weighted by Gasteiger charge is 2.27. The minimum absolute atomic E-state index is 0.102. The molecule has 0 aliphatic heterocycles. The summed E-state index contributed by atoms with van der Waals surface area (Å²) in [5, 5.41) is 5.97. The van der Waals surface area contributed by atoms with Crippen LogP contribution in [0, 0.1) is 0 Å². The molecular weight excluding hydrogens is 248 g/mol. The van der Waals surface area contributed by atoms with Gasteiger partial charge in [0.05, 0.1) is 13.7 Å². The molecule has 0 aromatic heterocycles. The van der Waals surface area contributed by atoms with Crippen LogP contribution in [0.2, 0.25) is 0 Å². The van der Waals surface area contributed by atoms with Crippen molar-refractivity contribution in [1.82, 2.24) is 10.6 Å². The van der Waals surface area contributed by atoms with Gasteiger partial charge in [-0.2, -0.15) is 0 Å². The van der Waals surface area contributed by atoms with E-state index in [1.54, 1.807) is 0 Å². The van der Waals surface area contributed by atoms with Crippen molar-refractivity contribution < 1.29 is 19.1 Å². The number of carbonyl (C=O) groups is 2. The number of hydrogen-bond acceptors (Lipinski definition) is 5. The highest BCUT2D eigenvalue weighted by Crippen LogP contribution is 2.19. The van der Waals surface area contributed by atoms with Gasteiger partial charge in [-0.25, -0.2) is 4.79 Å². The molecular formula is C13H24N2O4. The Morgan fingerprint density at radius 1 is 1.21 bits per heavy atom. The fourth-order valence-corrected chi connectivity index (χ4v) is 2.07. The van der Waals surface area contributed by atoms with Crippen LogP contribution in [0.3, 0.4) is 0 Å². The first-order chi connectivity index (χ1) is 8.80. The third-order valence-corrected chi connectivity index (χ3v) is 2.92. The minimum Gasteiger partial charge on any atom is -0.468 e. The Hall–Kier alpha value is -1.30. The number of carbonyl (C=O) groups excluding carboxylic acids is 2. The molecule has 2 atom stereocenters. The van der Waals surface area contributed by atoms with Crippen molar-refractivity contribution in [1.29, 1.82) is 0 Å². The summed E-state index contributed by atoms with van der Waals surface area (Å²) in [6, 6.07) is 0.337. The molecule has 19 heavy (non-hydrogen) atoms. The second-order valence-electron chi connectivity index (χ2n) is 5.81. The van der Waals surface area contributed by atoms with E-state index in [-0.39, 0.29) is 30.7 Å². The third kappa shape index (κ3) is 6.42. The van der Waals surface area contributed by atoms with Crippen LogP contribution in [0.25, 0.3) is 0 Å². The summed E-state index contributed by atoms with van der Waals surface area (Å²) in [5.41, 5.74) is -0.481. The Labute approximate surface area is 114 Å². The van der Waals surface area contributed by atoms with E-state index in [1.165, 1.54) is 7.11 Å². The van der Waals surface area contributed by atoms with E-state index in [2.05, 4.69) is 15.4 Å². The minimum atomic E-state index is -0.481. The van der Waals surface area contributed by atoms with E-state index in [9.17, 15) is 9.59 Å². The topological polar surface area (TPSA) is 76.7 Å². The molecule has 0 saturated heterocycles. The number of nitrogens with one attached hydrogen (secondary N) is 2. The standard InChI is InChI=1S/C13H24N2O4/c1-13(2,3)19-12(17)15-10-6-5-9(7-10)14-8-11(16)18-4/h9-10,14H,5-8H2,1-4H3,(H,15,17). The Morgan fingerprint density at radius 2 is 1.84 bits per heavy atom. The van der Waals surface area contributed by atoms with Gasteiger partial charge in [0.15, 0.2) is 0 Å². The van der Waals surface area contributed by atoms with Gasteiger partial charge in [0.25, 0.3) is 0 Å². The van der Waals surface area contributed by atoms with E-state index in [0.717, 1.165) is 19.3 Å². The first-order valence-corrected chi connectivity index (χ1v) is 6.60. The molecule has 1 amide bonds. The van der Waals surface area contributed by atoms with Gasteiger partial charge >= 0.3 is 12.1 Å². The normalized spacial score (nSPS) is 22.9. The average Bonchev–Trinajstić information content (AvgIpc) is 2.70. The van der Waals surface area contributed by atoms with Gasteiger partial charge in [0.1, 0.15) is 5.60 Å². The Bertz CT molecular complexity index is 325. The molecule has 0 spiro atoms. The second kappa shape index (κ2) is 6.75. The molecule has 0 heterocycles. The molecule has 0 aromatic rings. The van der Waals surface area contributed by atoms with Crippen LogP contribution in [-0.2, 0) is 14.3 Å². The van der Waals surface area contributed by atoms with Crippen molar-refractivity contribution in [2.45, 2.75) is 57.7 Å². The van der Waals surface area contributed by atoms with Crippen molar-refractivity contribution in [2.75, 3.05) is 13.7 Å². The highest BCUT2D eigenvalue weighted by molar-refractivity contribution is 5.71. The number of ether oxygens (including phenoxy) is 2. The lowest BCUT2D eigenvalue weighted by molar-refractivity contribution is -0.139. The van der Waals surface area contributed by atoms with Crippen molar-refractivity contribution in [2.24, 2.45) is 0 Å². The van der Waals surface area contributed by atoms with Crippen LogP contribution in [0.5, 0.6) is 0 Å². The SMILES string of the molecule is COC(=O)CNC1CCC(NC(=O)OC(C)(C)C)C1. The Morgan fingerprint density at radius 3 is 2.42 bits per heavy atom. The van der Waals surface area contributed by atoms with E-state index >= 15 is 0 Å². The summed E-state index contributed by atoms with van der Waals surface area (Å²) in [6.07, 6.45) is 2.23. The smallest absolute Gasteiger partial charge is 0.407 e. The Balaban J connectivity index is 2.25. The van der Waals surface area contributed by atoms with Crippen LogP contribution in [0.1, 0.15) is 40.0 Å². The summed E-state index contributed by atoms with van der Waals surface area (Å²) < 4.78 is 9.77. The first-order valence-electron chi connectivity index (χ1n) is 6.60. The van der Waals surface area contributed by atoms with Gasteiger partial charge in [0, 0.05) is 12.1 Å². The van der Waals surface area contributed by atoms with Crippen molar-refractivity contribution in [3.63, 3.8) is 0 Å². The quantitative estimate of drug-likeness (QED) is 0.752. The van der Waals surface area contributed by atoms with Crippen LogP contribution in [-0.4, -0.2) is 43.4 Å². The zero-order valence-corrected chi connectivity index (χ0v) is 12.1. The maximum Gasteiger partial charge on any atom is 0.407 e. The van der Waals surface area contributed by atoms with Gasteiger partial charge < -0.3 is 20.1 Å².